The van der Waals surface area contributed by atoms with E-state index >= 15 is 0 Å². The third-order valence-electron chi connectivity index (χ3n) is 2.45. The fourth-order valence-electron chi connectivity index (χ4n) is 1.50. The van der Waals surface area contributed by atoms with Crippen molar-refractivity contribution in [1.82, 2.24) is 0 Å². The molecule has 0 bridgehead atoms. The Morgan fingerprint density at radius 3 is 2.67 bits per heavy atom. The molecule has 1 aromatic carbocycles. The fraction of sp³-hybridized carbons (Fsp3) is 0.357. The minimum absolute atomic E-state index is 0.0263. The van der Waals surface area contributed by atoms with E-state index in [1.807, 2.05) is 19.2 Å². The molecule has 0 spiro atoms. The Labute approximate surface area is 111 Å². The maximum Gasteiger partial charge on any atom is 0.270 e. The summed E-state index contributed by atoms with van der Waals surface area (Å²) in [5.41, 5.74) is 1.51. The van der Waals surface area contributed by atoms with Crippen LogP contribution in [-0.2, 0) is 12.3 Å². The molecule has 0 atom stereocenters. The first-order valence-electron chi connectivity index (χ1n) is 5.57. The number of alkyl halides is 2. The minimum atomic E-state index is -2.81. The molecule has 0 aliphatic carbocycles. The van der Waals surface area contributed by atoms with Gasteiger partial charge in [-0.3, -0.25) is 4.99 Å². The number of aliphatic imine (C=N–C) groups is 1. The Morgan fingerprint density at radius 2 is 2.11 bits per heavy atom. The molecular weight excluding hydrogens is 252 g/mol. The first-order valence-corrected chi connectivity index (χ1v) is 6.79. The summed E-state index contributed by atoms with van der Waals surface area (Å²) in [7, 11) is 0. The highest BCUT2D eigenvalue weighted by Crippen LogP contribution is 2.27. The van der Waals surface area contributed by atoms with E-state index in [4.69, 9.17) is 0 Å². The zero-order valence-electron chi connectivity index (χ0n) is 10.8. The number of nitrogens with zero attached hydrogens (tertiary/aromatic N) is 1. The Balaban J connectivity index is 2.83. The zero-order chi connectivity index (χ0) is 13.8. The van der Waals surface area contributed by atoms with Gasteiger partial charge in [-0.25, -0.2) is 8.78 Å². The topological polar surface area (TPSA) is 12.4 Å². The Morgan fingerprint density at radius 1 is 1.44 bits per heavy atom. The highest BCUT2D eigenvalue weighted by Gasteiger charge is 2.23. The summed E-state index contributed by atoms with van der Waals surface area (Å²) < 4.78 is 26.4. The molecule has 1 nitrogen and oxygen atoms in total. The van der Waals surface area contributed by atoms with Crippen LogP contribution in [0.15, 0.2) is 41.5 Å². The van der Waals surface area contributed by atoms with Gasteiger partial charge >= 0.3 is 0 Å². The predicted molar refractivity (Wildman–Crippen MR) is 75.5 cm³/mol. The lowest BCUT2D eigenvalue weighted by atomic mass is 10.0. The van der Waals surface area contributed by atoms with E-state index in [0.29, 0.717) is 12.1 Å². The summed E-state index contributed by atoms with van der Waals surface area (Å²) in [6.07, 6.45) is 2.42. The van der Waals surface area contributed by atoms with Gasteiger partial charge in [0.15, 0.2) is 0 Å². The Bertz CT molecular complexity index is 461. The van der Waals surface area contributed by atoms with Crippen LogP contribution < -0.4 is 0 Å². The molecule has 1 aromatic rings. The van der Waals surface area contributed by atoms with Gasteiger partial charge in [-0.15, -0.1) is 11.8 Å². The number of hydrogen-bond donors (Lipinski definition) is 0. The second kappa shape index (κ2) is 6.14. The molecule has 0 heterocycles. The van der Waals surface area contributed by atoms with E-state index in [2.05, 4.69) is 11.6 Å². The van der Waals surface area contributed by atoms with Gasteiger partial charge in [-0.2, -0.15) is 0 Å². The number of rotatable bonds is 4. The average Bonchev–Trinajstić information content (AvgIpc) is 2.27. The molecule has 0 amide bonds. The smallest absolute Gasteiger partial charge is 0.252 e. The Hall–Kier alpha value is -1.16. The lowest BCUT2D eigenvalue weighted by molar-refractivity contribution is 0.0174. The second-order valence-corrected chi connectivity index (χ2v) is 5.17. The van der Waals surface area contributed by atoms with Crippen molar-refractivity contribution < 1.29 is 8.78 Å². The molecule has 18 heavy (non-hydrogen) atoms. The molecule has 0 fully saturated rings. The van der Waals surface area contributed by atoms with Gasteiger partial charge in [0.2, 0.25) is 0 Å². The van der Waals surface area contributed by atoms with Crippen molar-refractivity contribution in [3.63, 3.8) is 0 Å². The van der Waals surface area contributed by atoms with E-state index < -0.39 is 5.92 Å². The predicted octanol–water partition coefficient (Wildman–Crippen LogP) is 4.64. The van der Waals surface area contributed by atoms with Crippen molar-refractivity contribution in [3.05, 3.63) is 47.7 Å². The summed E-state index contributed by atoms with van der Waals surface area (Å²) >= 11 is 1.54. The third kappa shape index (κ3) is 4.61. The van der Waals surface area contributed by atoms with E-state index in [1.165, 1.54) is 12.1 Å². The Kier molecular flexibility index (Phi) is 5.08. The number of halogens is 2. The highest BCUT2D eigenvalue weighted by atomic mass is 32.2. The standard InChI is InChI=1S/C14H17F2NS/c1-10(17-11(2)18-4)8-12-6-5-7-13(9-12)14(3,15)16/h5-7,9H,1,8H2,2-4H3. The molecule has 98 valence electrons. The van der Waals surface area contributed by atoms with Gasteiger partial charge < -0.3 is 0 Å². The first kappa shape index (κ1) is 14.9. The van der Waals surface area contributed by atoms with Crippen LogP contribution in [0.4, 0.5) is 8.78 Å². The van der Waals surface area contributed by atoms with Crippen molar-refractivity contribution in [2.45, 2.75) is 26.2 Å². The summed E-state index contributed by atoms with van der Waals surface area (Å²) in [6, 6.07) is 6.39. The van der Waals surface area contributed by atoms with Gasteiger partial charge in [-0.05, 0) is 24.8 Å². The summed E-state index contributed by atoms with van der Waals surface area (Å²) in [6.45, 7) is 6.64. The monoisotopic (exact) mass is 269 g/mol. The number of hydrogen-bond acceptors (Lipinski definition) is 2. The van der Waals surface area contributed by atoms with Crippen molar-refractivity contribution in [1.29, 1.82) is 0 Å². The van der Waals surface area contributed by atoms with Crippen LogP contribution in [0.1, 0.15) is 25.0 Å². The maximum absolute atomic E-state index is 13.2. The molecule has 0 saturated heterocycles. The van der Waals surface area contributed by atoms with Crippen LogP contribution in [0.5, 0.6) is 0 Å². The van der Waals surface area contributed by atoms with Gasteiger partial charge in [0.1, 0.15) is 0 Å². The molecule has 0 aliphatic rings. The summed E-state index contributed by atoms with van der Waals surface area (Å²) in [4.78, 5) is 4.28. The second-order valence-electron chi connectivity index (χ2n) is 4.17. The van der Waals surface area contributed by atoms with Crippen molar-refractivity contribution in [3.8, 4) is 0 Å². The van der Waals surface area contributed by atoms with Crippen LogP contribution >= 0.6 is 11.8 Å². The lowest BCUT2D eigenvalue weighted by Gasteiger charge is -2.12. The molecule has 0 N–H and O–H groups in total. The van der Waals surface area contributed by atoms with Gasteiger partial charge in [0.05, 0.1) is 5.04 Å². The summed E-state index contributed by atoms with van der Waals surface area (Å²) in [5, 5.41) is 0.914. The first-order chi connectivity index (χ1) is 8.32. The molecule has 1 rings (SSSR count). The number of allylic oxidation sites excluding steroid dienone is 1. The van der Waals surface area contributed by atoms with Crippen LogP contribution in [-0.4, -0.2) is 11.3 Å². The third-order valence-corrected chi connectivity index (χ3v) is 3.14. The van der Waals surface area contributed by atoms with Crippen molar-refractivity contribution in [2.75, 3.05) is 6.26 Å². The van der Waals surface area contributed by atoms with Crippen molar-refractivity contribution >= 4 is 16.8 Å². The SMILES string of the molecule is C=C(Cc1cccc(C(C)(F)F)c1)N=C(C)SC. The molecule has 0 saturated carbocycles. The van der Waals surface area contributed by atoms with Gasteiger partial charge in [0, 0.05) is 24.6 Å². The van der Waals surface area contributed by atoms with E-state index in [0.717, 1.165) is 17.5 Å². The van der Waals surface area contributed by atoms with Gasteiger partial charge in [-0.1, -0.05) is 24.8 Å². The quantitative estimate of drug-likeness (QED) is 0.573. The molecule has 0 aliphatic heterocycles. The van der Waals surface area contributed by atoms with Crippen molar-refractivity contribution in [2.24, 2.45) is 4.99 Å². The molecule has 0 radical (unpaired) electrons. The zero-order valence-corrected chi connectivity index (χ0v) is 11.7. The summed E-state index contributed by atoms with van der Waals surface area (Å²) in [5.74, 6) is -2.81. The minimum Gasteiger partial charge on any atom is -0.252 e. The lowest BCUT2D eigenvalue weighted by Crippen LogP contribution is -2.07. The number of benzene rings is 1. The van der Waals surface area contributed by atoms with Crippen LogP contribution in [0.3, 0.4) is 0 Å². The largest absolute Gasteiger partial charge is 0.270 e. The highest BCUT2D eigenvalue weighted by molar-refractivity contribution is 8.13. The van der Waals surface area contributed by atoms with Crippen LogP contribution in [0, 0.1) is 0 Å². The van der Waals surface area contributed by atoms with Crippen LogP contribution in [0.25, 0.3) is 0 Å². The normalized spacial score (nSPS) is 12.6. The number of thioether (sulfide) groups is 1. The van der Waals surface area contributed by atoms with E-state index in [9.17, 15) is 8.78 Å². The molecule has 0 unspecified atom stereocenters. The average molecular weight is 269 g/mol. The molecule has 0 aromatic heterocycles. The van der Waals surface area contributed by atoms with Gasteiger partial charge in [0.25, 0.3) is 5.92 Å². The van der Waals surface area contributed by atoms with E-state index in [-0.39, 0.29) is 5.56 Å². The maximum atomic E-state index is 13.2. The van der Waals surface area contributed by atoms with Crippen LogP contribution in [0.2, 0.25) is 0 Å². The molecule has 4 heteroatoms. The fourth-order valence-corrected chi connectivity index (χ4v) is 1.72. The molecular formula is C14H17F2NS. The van der Waals surface area contributed by atoms with E-state index in [1.54, 1.807) is 17.8 Å².